The van der Waals surface area contributed by atoms with Crippen molar-refractivity contribution in [3.63, 3.8) is 0 Å². The number of amides is 1. The second kappa shape index (κ2) is 2.83. The lowest BCUT2D eigenvalue weighted by molar-refractivity contribution is 0.0974. The number of hydrogen-bond acceptors (Lipinski definition) is 2. The van der Waals surface area contributed by atoms with Gasteiger partial charge < -0.3 is 5.11 Å². The first-order chi connectivity index (χ1) is 6.63. The van der Waals surface area contributed by atoms with Crippen molar-refractivity contribution in [3.8, 4) is 0 Å². The highest BCUT2D eigenvalue weighted by Gasteiger charge is 2.37. The van der Waals surface area contributed by atoms with E-state index in [-0.39, 0.29) is 5.78 Å². The van der Waals surface area contributed by atoms with Gasteiger partial charge in [0, 0.05) is 5.56 Å². The molecule has 1 aromatic carbocycles. The smallest absolute Gasteiger partial charge is 0.412 e. The van der Waals surface area contributed by atoms with Gasteiger partial charge in [-0.1, -0.05) is 12.1 Å². The number of rotatable bonds is 0. The fourth-order valence-electron chi connectivity index (χ4n) is 1.71. The van der Waals surface area contributed by atoms with E-state index in [0.717, 1.165) is 4.90 Å². The zero-order valence-electron chi connectivity index (χ0n) is 7.60. The molecular formula is C10H9NO3. The predicted molar refractivity (Wildman–Crippen MR) is 50.7 cm³/mol. The third-order valence-electron chi connectivity index (χ3n) is 2.40. The van der Waals surface area contributed by atoms with Gasteiger partial charge in [-0.2, -0.15) is 0 Å². The molecule has 0 saturated heterocycles. The zero-order chi connectivity index (χ0) is 10.3. The molecule has 0 saturated carbocycles. The molecule has 1 atom stereocenters. The molecule has 1 N–H and O–H groups in total. The Hall–Kier alpha value is -1.84. The standard InChI is InChI=1S/C10H9NO3/c1-6-9(12)7-4-2-3-5-8(7)11(6)10(13)14/h2-6H,1H3,(H,13,14). The molecule has 72 valence electrons. The monoisotopic (exact) mass is 191 g/mol. The van der Waals surface area contributed by atoms with Crippen LogP contribution in [0.2, 0.25) is 0 Å². The van der Waals surface area contributed by atoms with Crippen LogP contribution < -0.4 is 4.90 Å². The predicted octanol–water partition coefficient (Wildman–Crippen LogP) is 1.76. The second-order valence-corrected chi connectivity index (χ2v) is 3.21. The van der Waals surface area contributed by atoms with Crippen LogP contribution in [0.4, 0.5) is 10.5 Å². The molecule has 1 aliphatic heterocycles. The maximum absolute atomic E-state index is 11.6. The summed E-state index contributed by atoms with van der Waals surface area (Å²) in [5.41, 5.74) is 0.972. The molecule has 1 aliphatic rings. The van der Waals surface area contributed by atoms with Crippen molar-refractivity contribution in [2.24, 2.45) is 0 Å². The fraction of sp³-hybridized carbons (Fsp3) is 0.200. The largest absolute Gasteiger partial charge is 0.465 e. The van der Waals surface area contributed by atoms with Crippen molar-refractivity contribution < 1.29 is 14.7 Å². The minimum Gasteiger partial charge on any atom is -0.465 e. The van der Waals surface area contributed by atoms with Gasteiger partial charge in [0.05, 0.1) is 5.69 Å². The van der Waals surface area contributed by atoms with Crippen molar-refractivity contribution in [2.75, 3.05) is 4.90 Å². The molecule has 4 heteroatoms. The van der Waals surface area contributed by atoms with E-state index in [2.05, 4.69) is 0 Å². The molecule has 14 heavy (non-hydrogen) atoms. The highest BCUT2D eigenvalue weighted by atomic mass is 16.4. The minimum atomic E-state index is -1.09. The molecule has 0 bridgehead atoms. The topological polar surface area (TPSA) is 57.6 Å². The van der Waals surface area contributed by atoms with Gasteiger partial charge in [-0.15, -0.1) is 0 Å². The summed E-state index contributed by atoms with van der Waals surface area (Å²) in [4.78, 5) is 23.6. The van der Waals surface area contributed by atoms with Crippen molar-refractivity contribution in [1.82, 2.24) is 0 Å². The number of anilines is 1. The molecule has 0 aromatic heterocycles. The van der Waals surface area contributed by atoms with Crippen LogP contribution >= 0.6 is 0 Å². The molecular weight excluding hydrogens is 182 g/mol. The Bertz CT molecular complexity index is 414. The molecule has 1 aromatic rings. The van der Waals surface area contributed by atoms with Crippen LogP contribution in [0.1, 0.15) is 17.3 Å². The quantitative estimate of drug-likeness (QED) is 0.679. The SMILES string of the molecule is CC1C(=O)c2ccccc2N1C(=O)O. The summed E-state index contributed by atoms with van der Waals surface area (Å²) in [5, 5.41) is 8.92. The van der Waals surface area contributed by atoms with Gasteiger partial charge in [-0.3, -0.25) is 9.69 Å². The van der Waals surface area contributed by atoms with Crippen LogP contribution in [0.15, 0.2) is 24.3 Å². The molecule has 0 aliphatic carbocycles. The van der Waals surface area contributed by atoms with E-state index in [9.17, 15) is 9.59 Å². The van der Waals surface area contributed by atoms with E-state index in [1.54, 1.807) is 31.2 Å². The average molecular weight is 191 g/mol. The Labute approximate surface area is 80.8 Å². The summed E-state index contributed by atoms with van der Waals surface area (Å²) in [6, 6.07) is 6.14. The average Bonchev–Trinajstić information content (AvgIpc) is 2.41. The number of fused-ring (bicyclic) bond motifs is 1. The van der Waals surface area contributed by atoms with E-state index < -0.39 is 12.1 Å². The molecule has 0 radical (unpaired) electrons. The molecule has 1 amide bonds. The highest BCUT2D eigenvalue weighted by molar-refractivity contribution is 6.16. The van der Waals surface area contributed by atoms with E-state index in [4.69, 9.17) is 5.11 Å². The van der Waals surface area contributed by atoms with Crippen molar-refractivity contribution in [1.29, 1.82) is 0 Å². The number of carbonyl (C=O) groups is 2. The second-order valence-electron chi connectivity index (χ2n) is 3.21. The van der Waals surface area contributed by atoms with Crippen molar-refractivity contribution in [3.05, 3.63) is 29.8 Å². The lowest BCUT2D eigenvalue weighted by atomic mass is 10.1. The summed E-state index contributed by atoms with van der Waals surface area (Å²) >= 11 is 0. The number of Topliss-reactive ketones (excluding diaryl/α,β-unsaturated/α-hetero) is 1. The summed E-state index contributed by atoms with van der Waals surface area (Å²) in [6.07, 6.45) is -1.09. The maximum atomic E-state index is 11.6. The van der Waals surface area contributed by atoms with Gasteiger partial charge in [-0.05, 0) is 19.1 Å². The molecule has 4 nitrogen and oxygen atoms in total. The number of para-hydroxylation sites is 1. The number of hydrogen-bond donors (Lipinski definition) is 1. The van der Waals surface area contributed by atoms with Crippen molar-refractivity contribution in [2.45, 2.75) is 13.0 Å². The number of ketones is 1. The number of carbonyl (C=O) groups excluding carboxylic acids is 1. The molecule has 0 fully saturated rings. The van der Waals surface area contributed by atoms with Crippen LogP contribution in [0.3, 0.4) is 0 Å². The maximum Gasteiger partial charge on any atom is 0.412 e. The minimum absolute atomic E-state index is 0.136. The molecule has 1 unspecified atom stereocenters. The summed E-state index contributed by atoms with van der Waals surface area (Å²) < 4.78 is 0. The molecule has 0 spiro atoms. The number of nitrogens with zero attached hydrogens (tertiary/aromatic N) is 1. The Kier molecular flexibility index (Phi) is 1.77. The van der Waals surface area contributed by atoms with Crippen LogP contribution in [-0.4, -0.2) is 23.0 Å². The summed E-state index contributed by atoms with van der Waals surface area (Å²) in [6.45, 7) is 1.59. The Morgan fingerprint density at radius 1 is 1.43 bits per heavy atom. The van der Waals surface area contributed by atoms with Crippen LogP contribution in [-0.2, 0) is 0 Å². The van der Waals surface area contributed by atoms with E-state index in [1.165, 1.54) is 0 Å². The summed E-state index contributed by atoms with van der Waals surface area (Å²) in [5.74, 6) is -0.136. The van der Waals surface area contributed by atoms with E-state index in [1.807, 2.05) is 0 Å². The van der Waals surface area contributed by atoms with Gasteiger partial charge in [0.25, 0.3) is 0 Å². The van der Waals surface area contributed by atoms with Gasteiger partial charge in [-0.25, -0.2) is 4.79 Å². The number of carboxylic acid groups (broad SMARTS) is 1. The van der Waals surface area contributed by atoms with Crippen LogP contribution in [0.25, 0.3) is 0 Å². The van der Waals surface area contributed by atoms with Gasteiger partial charge in [0.15, 0.2) is 5.78 Å². The van der Waals surface area contributed by atoms with Gasteiger partial charge >= 0.3 is 6.09 Å². The summed E-state index contributed by atoms with van der Waals surface area (Å²) in [7, 11) is 0. The first-order valence-electron chi connectivity index (χ1n) is 4.28. The van der Waals surface area contributed by atoms with Crippen LogP contribution in [0, 0.1) is 0 Å². The first kappa shape index (κ1) is 8.74. The van der Waals surface area contributed by atoms with Crippen LogP contribution in [0.5, 0.6) is 0 Å². The Balaban J connectivity index is 2.59. The lowest BCUT2D eigenvalue weighted by Gasteiger charge is -2.16. The van der Waals surface area contributed by atoms with Gasteiger partial charge in [0.2, 0.25) is 0 Å². The first-order valence-corrected chi connectivity index (χ1v) is 4.28. The van der Waals surface area contributed by atoms with E-state index in [0.29, 0.717) is 11.3 Å². The molecule has 1 heterocycles. The number of benzene rings is 1. The van der Waals surface area contributed by atoms with Gasteiger partial charge in [0.1, 0.15) is 6.04 Å². The van der Waals surface area contributed by atoms with E-state index >= 15 is 0 Å². The third kappa shape index (κ3) is 1.00. The zero-order valence-corrected chi connectivity index (χ0v) is 7.60. The third-order valence-corrected chi connectivity index (χ3v) is 2.40. The normalized spacial score (nSPS) is 19.6. The Morgan fingerprint density at radius 2 is 2.07 bits per heavy atom. The lowest BCUT2D eigenvalue weighted by Crippen LogP contribution is -2.36. The van der Waals surface area contributed by atoms with Crippen molar-refractivity contribution >= 4 is 17.6 Å². The Morgan fingerprint density at radius 3 is 2.71 bits per heavy atom. The fourth-order valence-corrected chi connectivity index (χ4v) is 1.71. The highest BCUT2D eigenvalue weighted by Crippen LogP contribution is 2.31. The molecule has 2 rings (SSSR count).